The standard InChI is InChI=1S/C26H37NO17/c1-10(28)27-19-22(40-15(6)33)20(38-13(4)31)18(9-37-12(3)30)43-26(19)44-23-21(39-14(5)32)17(8-36-11(2)29)42-25(35)24(23)41-16(7)34/h17-26,35H,8-9H2,1-7H3,(H,27,28)/t17-,18-,19-,20-,21+,22-,23+,24-,25-,26+/m1/s1. The van der Waals surface area contributed by atoms with Crippen LogP contribution in [0.1, 0.15) is 48.5 Å². The summed E-state index contributed by atoms with van der Waals surface area (Å²) in [5, 5.41) is 13.3. The van der Waals surface area contributed by atoms with Gasteiger partial charge in [0.25, 0.3) is 0 Å². The van der Waals surface area contributed by atoms with Gasteiger partial charge < -0.3 is 53.1 Å². The van der Waals surface area contributed by atoms with Crippen LogP contribution in [0.2, 0.25) is 0 Å². The Morgan fingerprint density at radius 2 is 0.977 bits per heavy atom. The van der Waals surface area contributed by atoms with Gasteiger partial charge in [-0.2, -0.15) is 0 Å². The van der Waals surface area contributed by atoms with Crippen molar-refractivity contribution in [3.05, 3.63) is 0 Å². The smallest absolute Gasteiger partial charge is 0.303 e. The monoisotopic (exact) mass is 635 g/mol. The SMILES string of the molecule is CC(=O)N[C@H]1[C@H](O[C@@H]2[C@@H](OC(C)=O)[C@H](O)O[C@H](COC(C)=O)[C@@H]2OC(C)=O)O[C@H](COC(C)=O)[C@@H](OC(C)=O)[C@@H]1OC(C)=O. The highest BCUT2D eigenvalue weighted by Crippen LogP contribution is 2.33. The van der Waals surface area contributed by atoms with Gasteiger partial charge in [-0.15, -0.1) is 0 Å². The average molecular weight is 636 g/mol. The number of carbonyl (C=O) groups is 7. The Kier molecular flexibility index (Phi) is 13.4. The summed E-state index contributed by atoms with van der Waals surface area (Å²) in [5.74, 6) is -5.65. The zero-order valence-electron chi connectivity index (χ0n) is 25.2. The molecule has 44 heavy (non-hydrogen) atoms. The largest absolute Gasteiger partial charge is 0.463 e. The Morgan fingerprint density at radius 3 is 1.41 bits per heavy atom. The molecule has 0 aromatic heterocycles. The van der Waals surface area contributed by atoms with Crippen molar-refractivity contribution in [3.63, 3.8) is 0 Å². The van der Waals surface area contributed by atoms with Crippen LogP contribution in [0.4, 0.5) is 0 Å². The first kappa shape index (κ1) is 36.3. The summed E-state index contributed by atoms with van der Waals surface area (Å²) < 4.78 is 49.0. The van der Waals surface area contributed by atoms with Crippen LogP contribution >= 0.6 is 0 Å². The Morgan fingerprint density at radius 1 is 0.568 bits per heavy atom. The second-order valence-corrected chi connectivity index (χ2v) is 9.84. The number of hydrogen-bond donors (Lipinski definition) is 2. The maximum absolute atomic E-state index is 12.3. The number of hydrogen-bond acceptors (Lipinski definition) is 17. The van der Waals surface area contributed by atoms with Gasteiger partial charge in [-0.3, -0.25) is 33.6 Å². The summed E-state index contributed by atoms with van der Waals surface area (Å²) in [5.41, 5.74) is 0. The van der Waals surface area contributed by atoms with Crippen molar-refractivity contribution < 1.29 is 81.3 Å². The fourth-order valence-electron chi connectivity index (χ4n) is 4.60. The normalized spacial score (nSPS) is 31.5. The first-order valence-corrected chi connectivity index (χ1v) is 13.4. The molecule has 2 saturated heterocycles. The third kappa shape index (κ3) is 10.7. The van der Waals surface area contributed by atoms with E-state index in [1.165, 1.54) is 0 Å². The highest BCUT2D eigenvalue weighted by atomic mass is 16.7. The summed E-state index contributed by atoms with van der Waals surface area (Å²) in [6.45, 7) is 6.38. The Hall–Kier alpha value is -3.87. The molecule has 0 bridgehead atoms. The zero-order valence-corrected chi connectivity index (χ0v) is 25.2. The van der Waals surface area contributed by atoms with Gasteiger partial charge >= 0.3 is 35.8 Å². The molecule has 0 radical (unpaired) electrons. The van der Waals surface area contributed by atoms with Crippen LogP contribution in [-0.2, 0) is 76.2 Å². The van der Waals surface area contributed by atoms with Crippen LogP contribution in [0.15, 0.2) is 0 Å². The lowest BCUT2D eigenvalue weighted by molar-refractivity contribution is -0.344. The number of nitrogens with one attached hydrogen (secondary N) is 1. The Balaban J connectivity index is 2.66. The predicted octanol–water partition coefficient (Wildman–Crippen LogP) is -1.83. The quantitative estimate of drug-likeness (QED) is 0.188. The van der Waals surface area contributed by atoms with Gasteiger partial charge in [0.05, 0.1) is 0 Å². The molecule has 2 aliphatic heterocycles. The fourth-order valence-corrected chi connectivity index (χ4v) is 4.60. The molecule has 1 amide bonds. The average Bonchev–Trinajstić information content (AvgIpc) is 2.87. The molecule has 18 nitrogen and oxygen atoms in total. The minimum atomic E-state index is -1.92. The van der Waals surface area contributed by atoms with E-state index in [4.69, 9.17) is 42.6 Å². The summed E-state index contributed by atoms with van der Waals surface area (Å²) in [7, 11) is 0. The molecule has 248 valence electrons. The van der Waals surface area contributed by atoms with Crippen LogP contribution in [0, 0.1) is 0 Å². The lowest BCUT2D eigenvalue weighted by atomic mass is 9.94. The molecule has 2 rings (SSSR count). The molecule has 0 aromatic rings. The maximum atomic E-state index is 12.3. The third-order valence-corrected chi connectivity index (χ3v) is 6.03. The van der Waals surface area contributed by atoms with E-state index in [0.717, 1.165) is 48.5 Å². The van der Waals surface area contributed by atoms with E-state index in [-0.39, 0.29) is 0 Å². The van der Waals surface area contributed by atoms with Crippen LogP contribution in [-0.4, -0.2) is 121 Å². The van der Waals surface area contributed by atoms with Crippen LogP contribution in [0.3, 0.4) is 0 Å². The molecule has 2 aliphatic rings. The first-order valence-electron chi connectivity index (χ1n) is 13.4. The van der Waals surface area contributed by atoms with E-state index in [1.807, 2.05) is 0 Å². The number of ether oxygens (including phenoxy) is 9. The van der Waals surface area contributed by atoms with Crippen molar-refractivity contribution >= 4 is 41.7 Å². The van der Waals surface area contributed by atoms with E-state index in [0.29, 0.717) is 0 Å². The molecule has 2 fully saturated rings. The number of rotatable bonds is 11. The van der Waals surface area contributed by atoms with Crippen molar-refractivity contribution in [3.8, 4) is 0 Å². The maximum Gasteiger partial charge on any atom is 0.303 e. The van der Waals surface area contributed by atoms with Crippen molar-refractivity contribution in [1.82, 2.24) is 5.32 Å². The van der Waals surface area contributed by atoms with Gasteiger partial charge in [0.2, 0.25) is 5.91 Å². The van der Waals surface area contributed by atoms with Gasteiger partial charge in [0, 0.05) is 48.5 Å². The molecule has 0 spiro atoms. The van der Waals surface area contributed by atoms with E-state index >= 15 is 0 Å². The predicted molar refractivity (Wildman–Crippen MR) is 138 cm³/mol. The van der Waals surface area contributed by atoms with E-state index in [1.54, 1.807) is 0 Å². The highest BCUT2D eigenvalue weighted by Gasteiger charge is 2.56. The molecule has 0 aromatic carbocycles. The lowest BCUT2D eigenvalue weighted by Gasteiger charge is -2.48. The van der Waals surface area contributed by atoms with Crippen molar-refractivity contribution in [2.75, 3.05) is 13.2 Å². The van der Waals surface area contributed by atoms with Crippen LogP contribution in [0.5, 0.6) is 0 Å². The Bertz CT molecular complexity index is 1090. The summed E-state index contributed by atoms with van der Waals surface area (Å²) in [4.78, 5) is 83.7. The van der Waals surface area contributed by atoms with Crippen LogP contribution in [0.25, 0.3) is 0 Å². The first-order chi connectivity index (χ1) is 20.5. The van der Waals surface area contributed by atoms with E-state index < -0.39 is 116 Å². The molecular weight excluding hydrogens is 598 g/mol. The molecule has 2 N–H and O–H groups in total. The minimum absolute atomic E-state index is 0.544. The molecule has 0 aliphatic carbocycles. The van der Waals surface area contributed by atoms with Gasteiger partial charge in [0.1, 0.15) is 37.6 Å². The molecule has 10 atom stereocenters. The zero-order chi connectivity index (χ0) is 33.3. The number of amides is 1. The molecular formula is C26H37NO17. The topological polar surface area (TPSA) is 235 Å². The number of carbonyl (C=O) groups excluding carboxylic acids is 7. The number of esters is 6. The highest BCUT2D eigenvalue weighted by molar-refractivity contribution is 5.74. The molecule has 18 heteroatoms. The van der Waals surface area contributed by atoms with Gasteiger partial charge in [0.15, 0.2) is 37.0 Å². The van der Waals surface area contributed by atoms with Gasteiger partial charge in [-0.05, 0) is 0 Å². The second-order valence-electron chi connectivity index (χ2n) is 9.84. The minimum Gasteiger partial charge on any atom is -0.463 e. The molecule has 0 unspecified atom stereocenters. The summed E-state index contributed by atoms with van der Waals surface area (Å²) in [6, 6.07) is -1.46. The lowest BCUT2D eigenvalue weighted by Crippen LogP contribution is -2.69. The van der Waals surface area contributed by atoms with Crippen molar-refractivity contribution in [2.45, 2.75) is 110 Å². The molecule has 2 heterocycles. The van der Waals surface area contributed by atoms with Crippen molar-refractivity contribution in [1.29, 1.82) is 0 Å². The third-order valence-electron chi connectivity index (χ3n) is 6.03. The van der Waals surface area contributed by atoms with Gasteiger partial charge in [-0.25, -0.2) is 0 Å². The molecule has 0 saturated carbocycles. The second kappa shape index (κ2) is 16.3. The number of aliphatic hydroxyl groups excluding tert-OH is 1. The number of aliphatic hydroxyl groups is 1. The summed E-state index contributed by atoms with van der Waals surface area (Å²) in [6.07, 6.45) is -14.2. The van der Waals surface area contributed by atoms with Crippen LogP contribution < -0.4 is 5.32 Å². The van der Waals surface area contributed by atoms with E-state index in [9.17, 15) is 38.7 Å². The van der Waals surface area contributed by atoms with E-state index in [2.05, 4.69) is 5.32 Å². The fraction of sp³-hybridized carbons (Fsp3) is 0.731. The van der Waals surface area contributed by atoms with Crippen molar-refractivity contribution in [2.24, 2.45) is 0 Å². The van der Waals surface area contributed by atoms with Gasteiger partial charge in [-0.1, -0.05) is 0 Å². The Labute approximate surface area is 251 Å². The summed E-state index contributed by atoms with van der Waals surface area (Å²) >= 11 is 0.